The van der Waals surface area contributed by atoms with Crippen LogP contribution in [0, 0.1) is 11.3 Å². The van der Waals surface area contributed by atoms with E-state index in [1.165, 1.54) is 0 Å². The fraction of sp³-hybridized carbons (Fsp3) is 0.550. The van der Waals surface area contributed by atoms with Crippen molar-refractivity contribution in [1.29, 1.82) is 0 Å². The van der Waals surface area contributed by atoms with Crippen LogP contribution in [-0.4, -0.2) is 43.4 Å². The highest BCUT2D eigenvalue weighted by Gasteiger charge is 2.32. The van der Waals surface area contributed by atoms with E-state index in [2.05, 4.69) is 10.4 Å². The highest BCUT2D eigenvalue weighted by Crippen LogP contribution is 2.25. The Labute approximate surface area is 167 Å². The Kier molecular flexibility index (Phi) is 5.88. The normalized spacial score (nSPS) is 21.4. The lowest BCUT2D eigenvalue weighted by Gasteiger charge is -2.28. The number of nitrogens with zero attached hydrogens (tertiary/aromatic N) is 2. The summed E-state index contributed by atoms with van der Waals surface area (Å²) in [5.41, 5.74) is 6.17. The lowest BCUT2D eigenvalue weighted by atomic mass is 9.86. The van der Waals surface area contributed by atoms with Crippen LogP contribution in [0.25, 0.3) is 10.9 Å². The van der Waals surface area contributed by atoms with E-state index >= 15 is 0 Å². The first-order valence-electron chi connectivity index (χ1n) is 9.57. The molecule has 0 saturated carbocycles. The second kappa shape index (κ2) is 8.03. The summed E-state index contributed by atoms with van der Waals surface area (Å²) in [4.78, 5) is 24.8. The van der Waals surface area contributed by atoms with Gasteiger partial charge >= 0.3 is 0 Å². The molecule has 3 N–H and O–H groups in total. The minimum Gasteiger partial charge on any atom is -0.368 e. The second-order valence-electron chi connectivity index (χ2n) is 8.51. The lowest BCUT2D eigenvalue weighted by molar-refractivity contribution is -0.122. The summed E-state index contributed by atoms with van der Waals surface area (Å²) in [6.07, 6.45) is 1.80. The van der Waals surface area contributed by atoms with Crippen LogP contribution >= 0.6 is 0 Å². The van der Waals surface area contributed by atoms with Gasteiger partial charge in [0.05, 0.1) is 5.52 Å². The van der Waals surface area contributed by atoms with E-state index in [1.54, 1.807) is 0 Å². The van der Waals surface area contributed by atoms with Gasteiger partial charge in [-0.1, -0.05) is 39.0 Å². The molecule has 1 aromatic carbocycles. The predicted octanol–water partition coefficient (Wildman–Crippen LogP) is 1.82. The van der Waals surface area contributed by atoms with Gasteiger partial charge in [0, 0.05) is 34.2 Å². The molecule has 7 nitrogen and oxygen atoms in total. The van der Waals surface area contributed by atoms with E-state index in [0.717, 1.165) is 35.3 Å². The molecule has 0 radical (unpaired) electrons. The molecule has 1 unspecified atom stereocenters. The van der Waals surface area contributed by atoms with E-state index in [9.17, 15) is 13.8 Å². The van der Waals surface area contributed by atoms with Crippen molar-refractivity contribution in [3.63, 3.8) is 0 Å². The van der Waals surface area contributed by atoms with E-state index < -0.39 is 34.1 Å². The number of rotatable bonds is 5. The van der Waals surface area contributed by atoms with Crippen molar-refractivity contribution < 1.29 is 13.8 Å². The maximum atomic E-state index is 12.9. The number of nitrogens with two attached hydrogens (primary N) is 1. The molecule has 1 aliphatic rings. The number of fused-ring (bicyclic) bond motifs is 1. The van der Waals surface area contributed by atoms with Gasteiger partial charge < -0.3 is 11.1 Å². The van der Waals surface area contributed by atoms with Gasteiger partial charge in [0.2, 0.25) is 5.91 Å². The number of nitrogens with one attached hydrogen (secondary N) is 1. The Bertz CT molecular complexity index is 906. The number of benzene rings is 1. The summed E-state index contributed by atoms with van der Waals surface area (Å²) < 4.78 is 13.5. The molecule has 2 heterocycles. The third kappa shape index (κ3) is 4.43. The van der Waals surface area contributed by atoms with Crippen molar-refractivity contribution in [1.82, 2.24) is 15.1 Å². The van der Waals surface area contributed by atoms with E-state index in [0.29, 0.717) is 18.2 Å². The Morgan fingerprint density at radius 1 is 1.29 bits per heavy atom. The fourth-order valence-electron chi connectivity index (χ4n) is 3.62. The second-order valence-corrected chi connectivity index (χ2v) is 10.2. The predicted molar refractivity (Wildman–Crippen MR) is 110 cm³/mol. The number of aromatic nitrogens is 2. The Hall–Kier alpha value is -2.22. The van der Waals surface area contributed by atoms with Gasteiger partial charge in [-0.05, 0) is 30.2 Å². The maximum Gasteiger partial charge on any atom is 0.273 e. The average molecular weight is 405 g/mol. The molecule has 0 aliphatic carbocycles. The number of para-hydroxylation sites is 1. The van der Waals surface area contributed by atoms with Crippen LogP contribution in [-0.2, 0) is 22.1 Å². The minimum atomic E-state index is -0.794. The Balaban J connectivity index is 1.88. The van der Waals surface area contributed by atoms with Gasteiger partial charge in [0.25, 0.3) is 5.91 Å². The Morgan fingerprint density at radius 3 is 2.54 bits per heavy atom. The largest absolute Gasteiger partial charge is 0.368 e. The van der Waals surface area contributed by atoms with Gasteiger partial charge in [-0.2, -0.15) is 5.10 Å². The molecule has 2 aromatic rings. The lowest BCUT2D eigenvalue weighted by Crippen LogP contribution is -2.52. The SMILES string of the molecule is CC(C)(C)C(NC(=O)c1nn(CC2CCS(=O)CC2)c2ccccc12)C(N)=O. The monoisotopic (exact) mass is 404 g/mol. The molecular formula is C20H28N4O3S. The molecule has 1 aliphatic heterocycles. The first-order valence-corrected chi connectivity index (χ1v) is 11.1. The van der Waals surface area contributed by atoms with E-state index in [1.807, 2.05) is 49.7 Å². The number of hydrogen-bond acceptors (Lipinski definition) is 4. The van der Waals surface area contributed by atoms with Crippen molar-refractivity contribution in [2.75, 3.05) is 11.5 Å². The molecular weight excluding hydrogens is 376 g/mol. The first kappa shape index (κ1) is 20.5. The van der Waals surface area contributed by atoms with Crippen molar-refractivity contribution in [3.8, 4) is 0 Å². The minimum absolute atomic E-state index is 0.297. The van der Waals surface area contributed by atoms with Crippen LogP contribution in [0.4, 0.5) is 0 Å². The highest BCUT2D eigenvalue weighted by molar-refractivity contribution is 7.85. The van der Waals surface area contributed by atoms with Crippen molar-refractivity contribution in [2.45, 2.75) is 46.2 Å². The van der Waals surface area contributed by atoms with Crippen LogP contribution in [0.5, 0.6) is 0 Å². The number of amides is 2. The summed E-state index contributed by atoms with van der Waals surface area (Å²) in [7, 11) is -0.706. The van der Waals surface area contributed by atoms with Gasteiger partial charge in [-0.25, -0.2) is 0 Å². The van der Waals surface area contributed by atoms with Crippen molar-refractivity contribution >= 4 is 33.5 Å². The standard InChI is InChI=1S/C20H28N4O3S/c1-20(2,3)17(18(21)25)22-19(26)16-14-6-4-5-7-15(14)24(23-16)12-13-8-10-28(27)11-9-13/h4-7,13,17H,8-12H2,1-3H3,(H2,21,25)(H,22,26). The van der Waals surface area contributed by atoms with E-state index in [4.69, 9.17) is 5.73 Å². The zero-order valence-corrected chi connectivity index (χ0v) is 17.4. The average Bonchev–Trinajstić information content (AvgIpc) is 2.99. The van der Waals surface area contributed by atoms with Crippen LogP contribution in [0.2, 0.25) is 0 Å². The Morgan fingerprint density at radius 2 is 1.93 bits per heavy atom. The molecule has 28 heavy (non-hydrogen) atoms. The van der Waals surface area contributed by atoms with Crippen LogP contribution in [0.1, 0.15) is 44.1 Å². The molecule has 1 atom stereocenters. The summed E-state index contributed by atoms with van der Waals surface area (Å²) in [6.45, 7) is 6.24. The highest BCUT2D eigenvalue weighted by atomic mass is 32.2. The molecule has 1 aromatic heterocycles. The quantitative estimate of drug-likeness (QED) is 0.792. The smallest absolute Gasteiger partial charge is 0.273 e. The number of hydrogen-bond donors (Lipinski definition) is 2. The molecule has 1 fully saturated rings. The third-order valence-corrected chi connectivity index (χ3v) is 6.62. The topological polar surface area (TPSA) is 107 Å². The molecule has 152 valence electrons. The van der Waals surface area contributed by atoms with E-state index in [-0.39, 0.29) is 0 Å². The fourth-order valence-corrected chi connectivity index (χ4v) is 5.01. The number of primary amides is 1. The first-order chi connectivity index (χ1) is 13.2. The summed E-state index contributed by atoms with van der Waals surface area (Å²) in [5, 5.41) is 8.08. The maximum absolute atomic E-state index is 12.9. The molecule has 2 amide bonds. The molecule has 0 spiro atoms. The van der Waals surface area contributed by atoms with Crippen LogP contribution in [0.3, 0.4) is 0 Å². The number of carbonyl (C=O) groups is 2. The van der Waals surface area contributed by atoms with Gasteiger partial charge in [-0.3, -0.25) is 18.5 Å². The molecule has 1 saturated heterocycles. The zero-order chi connectivity index (χ0) is 20.5. The summed E-state index contributed by atoms with van der Waals surface area (Å²) >= 11 is 0. The number of carbonyl (C=O) groups excluding carboxylic acids is 2. The van der Waals surface area contributed by atoms with Crippen LogP contribution < -0.4 is 11.1 Å². The zero-order valence-electron chi connectivity index (χ0n) is 16.6. The van der Waals surface area contributed by atoms with Gasteiger partial charge in [0.15, 0.2) is 5.69 Å². The molecule has 0 bridgehead atoms. The van der Waals surface area contributed by atoms with Crippen molar-refractivity contribution in [3.05, 3.63) is 30.0 Å². The van der Waals surface area contributed by atoms with Gasteiger partial charge in [0.1, 0.15) is 6.04 Å². The molecule has 3 rings (SSSR count). The third-order valence-electron chi connectivity index (χ3n) is 5.24. The summed E-state index contributed by atoms with van der Waals surface area (Å²) in [5.74, 6) is 0.870. The van der Waals surface area contributed by atoms with Gasteiger partial charge in [-0.15, -0.1) is 0 Å². The van der Waals surface area contributed by atoms with Crippen LogP contribution in [0.15, 0.2) is 24.3 Å². The molecule has 8 heteroatoms. The van der Waals surface area contributed by atoms with Crippen molar-refractivity contribution in [2.24, 2.45) is 17.1 Å². The summed E-state index contributed by atoms with van der Waals surface area (Å²) in [6, 6.07) is 6.79.